The molecule has 0 spiro atoms. The Kier molecular flexibility index (Phi) is 6.03. The summed E-state index contributed by atoms with van der Waals surface area (Å²) in [5.41, 5.74) is 0. The quantitative estimate of drug-likeness (QED) is 0.545. The van der Waals surface area contributed by atoms with Crippen LogP contribution in [0.5, 0.6) is 0 Å². The fourth-order valence-corrected chi connectivity index (χ4v) is 2.00. The summed E-state index contributed by atoms with van der Waals surface area (Å²) in [6.07, 6.45) is -7.21. The number of alkyl halides is 1. The summed E-state index contributed by atoms with van der Waals surface area (Å²) in [5.74, 6) is -2.32. The van der Waals surface area contributed by atoms with Gasteiger partial charge in [-0.15, -0.1) is 0 Å². The molecule has 120 valence electrons. The Morgan fingerprint density at radius 3 is 1.81 bits per heavy atom. The van der Waals surface area contributed by atoms with Gasteiger partial charge in [-0.3, -0.25) is 14.4 Å². The third-order valence-electron chi connectivity index (χ3n) is 2.67. The highest BCUT2D eigenvalue weighted by Crippen LogP contribution is 2.28. The molecule has 1 saturated heterocycles. The number of carbonyl (C=O) groups excluding carboxylic acids is 3. The number of aliphatic hydroxyl groups is 1. The van der Waals surface area contributed by atoms with E-state index in [9.17, 15) is 23.9 Å². The van der Waals surface area contributed by atoms with E-state index in [0.717, 1.165) is 20.8 Å². The van der Waals surface area contributed by atoms with Crippen molar-refractivity contribution >= 4 is 17.9 Å². The van der Waals surface area contributed by atoms with Gasteiger partial charge in [0, 0.05) is 20.8 Å². The van der Waals surface area contributed by atoms with Crippen molar-refractivity contribution in [1.29, 1.82) is 0 Å². The van der Waals surface area contributed by atoms with Crippen LogP contribution in [-0.2, 0) is 33.3 Å². The third-order valence-corrected chi connectivity index (χ3v) is 2.67. The molecular formula is C12H17FO8. The van der Waals surface area contributed by atoms with E-state index in [2.05, 4.69) is 0 Å². The summed E-state index contributed by atoms with van der Waals surface area (Å²) in [5, 5.41) is 9.76. The number of aliphatic hydroxyl groups excluding tert-OH is 1. The van der Waals surface area contributed by atoms with Gasteiger partial charge >= 0.3 is 17.9 Å². The van der Waals surface area contributed by atoms with Gasteiger partial charge in [-0.2, -0.15) is 0 Å². The first-order valence-corrected chi connectivity index (χ1v) is 6.17. The van der Waals surface area contributed by atoms with E-state index in [1.165, 1.54) is 0 Å². The van der Waals surface area contributed by atoms with Gasteiger partial charge in [0.25, 0.3) is 0 Å². The van der Waals surface area contributed by atoms with E-state index in [-0.39, 0.29) is 0 Å². The standard InChI is InChI=1S/C12H17FO8/c1-5(14)18-9-8(4-13)21-12(17)11(20-7(3)16)10(9)19-6(2)15/h8-12,17H,4H2,1-3H3/t8?,9-,10-,11+,12?/m1/s1. The summed E-state index contributed by atoms with van der Waals surface area (Å²) < 4.78 is 32.5. The van der Waals surface area contributed by atoms with Gasteiger partial charge in [-0.25, -0.2) is 4.39 Å². The van der Waals surface area contributed by atoms with Crippen molar-refractivity contribution in [3.05, 3.63) is 0 Å². The van der Waals surface area contributed by atoms with Crippen LogP contribution in [-0.4, -0.2) is 60.4 Å². The lowest BCUT2D eigenvalue weighted by Crippen LogP contribution is -2.61. The van der Waals surface area contributed by atoms with E-state index >= 15 is 0 Å². The molecule has 5 atom stereocenters. The number of rotatable bonds is 4. The molecule has 0 aromatic heterocycles. The van der Waals surface area contributed by atoms with Crippen LogP contribution in [0.15, 0.2) is 0 Å². The first kappa shape index (κ1) is 17.3. The number of ether oxygens (including phenoxy) is 4. The molecular weight excluding hydrogens is 291 g/mol. The highest BCUT2D eigenvalue weighted by Gasteiger charge is 2.51. The Hall–Kier alpha value is -1.74. The fourth-order valence-electron chi connectivity index (χ4n) is 2.00. The summed E-state index contributed by atoms with van der Waals surface area (Å²) in [6.45, 7) is 2.12. The predicted octanol–water partition coefficient (Wildman–Crippen LogP) is -0.532. The third kappa shape index (κ3) is 4.64. The van der Waals surface area contributed by atoms with Gasteiger partial charge in [0.05, 0.1) is 0 Å². The lowest BCUT2D eigenvalue weighted by molar-refractivity contribution is -0.292. The number of halogens is 1. The van der Waals surface area contributed by atoms with Crippen LogP contribution in [0.2, 0.25) is 0 Å². The van der Waals surface area contributed by atoms with E-state index in [1.54, 1.807) is 0 Å². The maximum absolute atomic E-state index is 13.0. The molecule has 1 fully saturated rings. The molecule has 1 aliphatic rings. The van der Waals surface area contributed by atoms with Crippen molar-refractivity contribution < 1.29 is 42.8 Å². The van der Waals surface area contributed by atoms with E-state index in [4.69, 9.17) is 18.9 Å². The molecule has 0 aliphatic carbocycles. The fraction of sp³-hybridized carbons (Fsp3) is 0.750. The molecule has 0 aromatic carbocycles. The van der Waals surface area contributed by atoms with Crippen LogP contribution in [0.3, 0.4) is 0 Å². The summed E-state index contributed by atoms with van der Waals surface area (Å²) >= 11 is 0. The second kappa shape index (κ2) is 7.32. The van der Waals surface area contributed by atoms with Gasteiger partial charge in [-0.05, 0) is 0 Å². The van der Waals surface area contributed by atoms with Crippen molar-refractivity contribution in [2.24, 2.45) is 0 Å². The summed E-state index contributed by atoms with van der Waals surface area (Å²) in [4.78, 5) is 33.3. The van der Waals surface area contributed by atoms with Crippen molar-refractivity contribution in [3.8, 4) is 0 Å². The molecule has 0 aromatic rings. The van der Waals surface area contributed by atoms with Crippen molar-refractivity contribution in [2.75, 3.05) is 6.67 Å². The molecule has 8 nitrogen and oxygen atoms in total. The molecule has 9 heteroatoms. The molecule has 1 aliphatic heterocycles. The molecule has 0 amide bonds. The van der Waals surface area contributed by atoms with Crippen LogP contribution in [0, 0.1) is 0 Å². The normalized spacial score (nSPS) is 32.1. The molecule has 1 heterocycles. The lowest BCUT2D eigenvalue weighted by Gasteiger charge is -2.42. The van der Waals surface area contributed by atoms with Gasteiger partial charge < -0.3 is 24.1 Å². The Labute approximate surface area is 120 Å². The average Bonchev–Trinajstić information content (AvgIpc) is 2.35. The Morgan fingerprint density at radius 2 is 1.38 bits per heavy atom. The summed E-state index contributed by atoms with van der Waals surface area (Å²) in [6, 6.07) is 0. The summed E-state index contributed by atoms with van der Waals surface area (Å²) in [7, 11) is 0. The monoisotopic (exact) mass is 308 g/mol. The highest BCUT2D eigenvalue weighted by molar-refractivity contribution is 5.68. The molecule has 21 heavy (non-hydrogen) atoms. The number of hydrogen-bond donors (Lipinski definition) is 1. The number of carbonyl (C=O) groups is 3. The van der Waals surface area contributed by atoms with Crippen LogP contribution < -0.4 is 0 Å². The lowest BCUT2D eigenvalue weighted by atomic mass is 9.98. The topological polar surface area (TPSA) is 108 Å². The van der Waals surface area contributed by atoms with Gasteiger partial charge in [0.1, 0.15) is 12.8 Å². The minimum atomic E-state index is -1.72. The SMILES string of the molecule is CC(=O)O[C@H]1[C@H](OC(C)=O)C(O)OC(CF)[C@H]1OC(C)=O. The van der Waals surface area contributed by atoms with Crippen molar-refractivity contribution in [3.63, 3.8) is 0 Å². The maximum atomic E-state index is 13.0. The van der Waals surface area contributed by atoms with E-state index in [1.807, 2.05) is 0 Å². The molecule has 0 saturated carbocycles. The molecule has 2 unspecified atom stereocenters. The van der Waals surface area contributed by atoms with Crippen LogP contribution in [0.1, 0.15) is 20.8 Å². The highest BCUT2D eigenvalue weighted by atomic mass is 19.1. The van der Waals surface area contributed by atoms with Gasteiger partial charge in [-0.1, -0.05) is 0 Å². The van der Waals surface area contributed by atoms with Gasteiger partial charge in [0.15, 0.2) is 24.6 Å². The molecule has 0 bridgehead atoms. The Bertz CT molecular complexity index is 412. The zero-order chi connectivity index (χ0) is 16.2. The van der Waals surface area contributed by atoms with E-state index < -0.39 is 55.3 Å². The van der Waals surface area contributed by atoms with Crippen LogP contribution >= 0.6 is 0 Å². The van der Waals surface area contributed by atoms with E-state index in [0.29, 0.717) is 0 Å². The molecule has 1 N–H and O–H groups in total. The first-order chi connectivity index (χ1) is 9.76. The largest absolute Gasteiger partial charge is 0.456 e. The first-order valence-electron chi connectivity index (χ1n) is 6.17. The second-order valence-electron chi connectivity index (χ2n) is 4.44. The average molecular weight is 308 g/mol. The molecule has 1 rings (SSSR count). The van der Waals surface area contributed by atoms with Crippen LogP contribution in [0.25, 0.3) is 0 Å². The predicted molar refractivity (Wildman–Crippen MR) is 63.5 cm³/mol. The van der Waals surface area contributed by atoms with Crippen LogP contribution in [0.4, 0.5) is 4.39 Å². The Balaban J connectivity index is 3.08. The smallest absolute Gasteiger partial charge is 0.303 e. The Morgan fingerprint density at radius 1 is 0.952 bits per heavy atom. The van der Waals surface area contributed by atoms with Crippen molar-refractivity contribution in [2.45, 2.75) is 51.5 Å². The number of esters is 3. The maximum Gasteiger partial charge on any atom is 0.303 e. The molecule has 0 radical (unpaired) electrons. The zero-order valence-corrected chi connectivity index (χ0v) is 11.8. The minimum Gasteiger partial charge on any atom is -0.456 e. The number of hydrogen-bond acceptors (Lipinski definition) is 8. The zero-order valence-electron chi connectivity index (χ0n) is 11.8. The second-order valence-corrected chi connectivity index (χ2v) is 4.44. The minimum absolute atomic E-state index is 0.767. The van der Waals surface area contributed by atoms with Crippen molar-refractivity contribution in [1.82, 2.24) is 0 Å². The van der Waals surface area contributed by atoms with Gasteiger partial charge in [0.2, 0.25) is 0 Å².